The second-order valence-electron chi connectivity index (χ2n) is 24.1. The van der Waals surface area contributed by atoms with E-state index in [2.05, 4.69) is 155 Å². The monoisotopic (exact) mass is 1220 g/mol. The number of alkyl halides is 2. The van der Waals surface area contributed by atoms with Crippen LogP contribution in [0.15, 0.2) is 121 Å². The smallest absolute Gasteiger partial charge is 0.311 e. The van der Waals surface area contributed by atoms with Gasteiger partial charge in [0, 0.05) is 34.6 Å². The molecule has 81 heavy (non-hydrogen) atoms. The van der Waals surface area contributed by atoms with Crippen molar-refractivity contribution in [2.45, 2.75) is 225 Å². The molecular weight excluding hydrogens is 1120 g/mol. The fourth-order valence-corrected chi connectivity index (χ4v) is 14.1. The number of unbranched alkanes of at least 4 members (excludes halogenated alkanes) is 16. The van der Waals surface area contributed by atoms with Crippen LogP contribution < -0.4 is 9.47 Å². The van der Waals surface area contributed by atoms with Crippen LogP contribution in [0.4, 0.5) is 0 Å². The molecule has 2 saturated carbocycles. The van der Waals surface area contributed by atoms with Crippen LogP contribution in [0.5, 0.6) is 11.5 Å². The summed E-state index contributed by atoms with van der Waals surface area (Å²) < 4.78 is 13.1. The number of fused-ring (bicyclic) bond motifs is 2. The van der Waals surface area contributed by atoms with Gasteiger partial charge in [-0.2, -0.15) is 0 Å². The van der Waals surface area contributed by atoms with Crippen molar-refractivity contribution in [3.8, 4) is 44.9 Å². The summed E-state index contributed by atoms with van der Waals surface area (Å²) in [7, 11) is 0. The van der Waals surface area contributed by atoms with Crippen LogP contribution in [0.1, 0.15) is 236 Å². The van der Waals surface area contributed by atoms with Crippen molar-refractivity contribution in [1.29, 1.82) is 0 Å². The van der Waals surface area contributed by atoms with E-state index in [9.17, 15) is 9.59 Å². The van der Waals surface area contributed by atoms with Crippen LogP contribution in [0, 0.1) is 11.8 Å². The molecular formula is C75H96Br2O4. The molecule has 6 heteroatoms. The van der Waals surface area contributed by atoms with Gasteiger partial charge < -0.3 is 9.47 Å². The Hall–Kier alpha value is -4.52. The molecule has 6 aromatic rings. The lowest BCUT2D eigenvalue weighted by atomic mass is 9.77. The Morgan fingerprint density at radius 1 is 0.444 bits per heavy atom. The molecule has 4 nitrogen and oxygen atoms in total. The highest BCUT2D eigenvalue weighted by molar-refractivity contribution is 9.09. The fraction of sp³-hybridized carbons (Fsp3) is 0.520. The second-order valence-corrected chi connectivity index (χ2v) is 25.7. The van der Waals surface area contributed by atoms with Gasteiger partial charge in [-0.1, -0.05) is 246 Å². The standard InChI is InChI=1S/C75H96Br2O4/c1-3-5-25-57-30-34-59(35-31-57)61-38-42-63(43-39-61)65-45-49-69-67(55-65)47-51-71(81-73(79)27-21-17-13-9-7-11-15-19-23-53-77)75(69)74-68-48-44-64(62-40-36-60(37-41-62)58-32-28-56(24-4-2)29-33-58)54-66(68)46-50-70(74)80-72(78)26-20-16-12-8-6-10-14-18-22-52-76/h5,25,36-51,54-59H,3-4,6-24,26-35,52-53H2,1-2H3/b25-5+. The summed E-state index contributed by atoms with van der Waals surface area (Å²) in [6.07, 6.45) is 40.5. The molecule has 0 atom stereocenters. The maximum atomic E-state index is 14.1. The van der Waals surface area contributed by atoms with Crippen LogP contribution in [-0.4, -0.2) is 22.6 Å². The van der Waals surface area contributed by atoms with Crippen LogP contribution in [0.25, 0.3) is 54.9 Å². The Morgan fingerprint density at radius 3 is 1.22 bits per heavy atom. The molecule has 0 aromatic heterocycles. The highest BCUT2D eigenvalue weighted by atomic mass is 79.9. The molecule has 0 aliphatic heterocycles. The maximum absolute atomic E-state index is 14.1. The van der Waals surface area contributed by atoms with Crippen LogP contribution in [0.3, 0.4) is 0 Å². The normalized spacial score (nSPS) is 17.5. The first kappa shape index (κ1) is 62.5. The van der Waals surface area contributed by atoms with Crippen molar-refractivity contribution >= 4 is 65.3 Å². The molecule has 0 N–H and O–H groups in total. The molecule has 6 aromatic carbocycles. The number of carbonyl (C=O) groups excluding carboxylic acids is 2. The lowest BCUT2D eigenvalue weighted by Crippen LogP contribution is -2.13. The van der Waals surface area contributed by atoms with Gasteiger partial charge in [0.15, 0.2) is 0 Å². The molecule has 0 radical (unpaired) electrons. The van der Waals surface area contributed by atoms with Crippen molar-refractivity contribution in [3.05, 3.63) is 132 Å². The molecule has 2 aliphatic rings. The van der Waals surface area contributed by atoms with E-state index in [4.69, 9.17) is 9.47 Å². The summed E-state index contributed by atoms with van der Waals surface area (Å²) in [6.45, 7) is 4.54. The Morgan fingerprint density at radius 2 is 0.827 bits per heavy atom. The molecule has 0 spiro atoms. The first-order valence-corrected chi connectivity index (χ1v) is 34.6. The number of rotatable bonds is 33. The number of benzene rings is 6. The molecule has 0 amide bonds. The van der Waals surface area contributed by atoms with E-state index in [1.807, 2.05) is 12.1 Å². The van der Waals surface area contributed by atoms with Gasteiger partial charge in [-0.25, -0.2) is 0 Å². The van der Waals surface area contributed by atoms with Gasteiger partial charge in [-0.05, 0) is 186 Å². The van der Waals surface area contributed by atoms with Crippen molar-refractivity contribution in [3.63, 3.8) is 0 Å². The third-order valence-corrected chi connectivity index (χ3v) is 19.2. The summed E-state index contributed by atoms with van der Waals surface area (Å²) >= 11 is 7.11. The van der Waals surface area contributed by atoms with E-state index in [-0.39, 0.29) is 11.9 Å². The first-order chi connectivity index (χ1) is 39.8. The molecule has 2 aliphatic carbocycles. The minimum absolute atomic E-state index is 0.231. The predicted octanol–water partition coefficient (Wildman–Crippen LogP) is 23.7. The Balaban J connectivity index is 1.09. The number of halogens is 2. The number of esters is 2. The van der Waals surface area contributed by atoms with E-state index in [0.717, 1.165) is 105 Å². The predicted molar refractivity (Wildman–Crippen MR) is 353 cm³/mol. The lowest BCUT2D eigenvalue weighted by molar-refractivity contribution is -0.135. The van der Waals surface area contributed by atoms with Gasteiger partial charge in [-0.15, -0.1) is 0 Å². The van der Waals surface area contributed by atoms with E-state index in [1.165, 1.54) is 164 Å². The summed E-state index contributed by atoms with van der Waals surface area (Å²) in [5.41, 5.74) is 9.09. The highest BCUT2D eigenvalue weighted by Crippen LogP contribution is 2.48. The van der Waals surface area contributed by atoms with Gasteiger partial charge in [0.1, 0.15) is 11.5 Å². The van der Waals surface area contributed by atoms with Gasteiger partial charge in [0.05, 0.1) is 0 Å². The van der Waals surface area contributed by atoms with Crippen LogP contribution >= 0.6 is 31.9 Å². The molecule has 0 bridgehead atoms. The third-order valence-electron chi connectivity index (χ3n) is 18.1. The molecule has 0 heterocycles. The van der Waals surface area contributed by atoms with E-state index < -0.39 is 0 Å². The summed E-state index contributed by atoms with van der Waals surface area (Å²) in [5, 5.41) is 6.14. The number of allylic oxidation sites excluding steroid dienone is 2. The van der Waals surface area contributed by atoms with E-state index in [0.29, 0.717) is 42.1 Å². The zero-order valence-electron chi connectivity index (χ0n) is 49.6. The van der Waals surface area contributed by atoms with Crippen molar-refractivity contribution in [2.24, 2.45) is 11.8 Å². The quantitative estimate of drug-likeness (QED) is 0.0135. The van der Waals surface area contributed by atoms with Gasteiger partial charge in [-0.3, -0.25) is 9.59 Å². The molecule has 8 rings (SSSR count). The SMILES string of the molecule is CC/C=C/C1CCC(c2ccc(-c3ccc4c(-c5c(OC(=O)CCCCCCCCCCCBr)ccc6cc(-c7ccc(C8CCC(CCC)CC8)cc7)ccc56)c(OC(=O)CCCCCCCCCCCBr)ccc4c3)cc2)CC1. The number of hydrogen-bond acceptors (Lipinski definition) is 4. The third kappa shape index (κ3) is 19.0. The topological polar surface area (TPSA) is 52.6 Å². The van der Waals surface area contributed by atoms with Crippen molar-refractivity contribution < 1.29 is 19.1 Å². The summed E-state index contributed by atoms with van der Waals surface area (Å²) in [5.74, 6) is 3.37. The maximum Gasteiger partial charge on any atom is 0.311 e. The van der Waals surface area contributed by atoms with Gasteiger partial charge >= 0.3 is 11.9 Å². The first-order valence-electron chi connectivity index (χ1n) is 32.4. The number of hydrogen-bond donors (Lipinski definition) is 0. The van der Waals surface area contributed by atoms with Crippen molar-refractivity contribution in [2.75, 3.05) is 10.7 Å². The Kier molecular flexibility index (Phi) is 26.5. The Bertz CT molecular complexity index is 2870. The molecule has 434 valence electrons. The number of ether oxygens (including phenoxy) is 2. The zero-order valence-corrected chi connectivity index (χ0v) is 52.8. The molecule has 2 fully saturated rings. The summed E-state index contributed by atoms with van der Waals surface area (Å²) in [6, 6.07) is 40.1. The summed E-state index contributed by atoms with van der Waals surface area (Å²) in [4.78, 5) is 28.1. The van der Waals surface area contributed by atoms with E-state index >= 15 is 0 Å². The van der Waals surface area contributed by atoms with Crippen LogP contribution in [0.2, 0.25) is 0 Å². The average Bonchev–Trinajstić information content (AvgIpc) is 3.65. The molecule has 0 unspecified atom stereocenters. The van der Waals surface area contributed by atoms with E-state index in [1.54, 1.807) is 0 Å². The van der Waals surface area contributed by atoms with Crippen molar-refractivity contribution in [1.82, 2.24) is 0 Å². The lowest BCUT2D eigenvalue weighted by Gasteiger charge is -2.28. The van der Waals surface area contributed by atoms with Gasteiger partial charge in [0.25, 0.3) is 0 Å². The highest BCUT2D eigenvalue weighted by Gasteiger charge is 2.25. The largest absolute Gasteiger partial charge is 0.426 e. The van der Waals surface area contributed by atoms with Crippen LogP contribution in [-0.2, 0) is 9.59 Å². The molecule has 0 saturated heterocycles. The second kappa shape index (κ2) is 34.3. The number of carbonyl (C=O) groups is 2. The Labute approximate surface area is 505 Å². The minimum Gasteiger partial charge on any atom is -0.426 e. The minimum atomic E-state index is -0.231. The fourth-order valence-electron chi connectivity index (χ4n) is 13.3. The zero-order chi connectivity index (χ0) is 56.4. The van der Waals surface area contributed by atoms with Gasteiger partial charge in [0.2, 0.25) is 0 Å². The average molecular weight is 1220 g/mol.